The van der Waals surface area contributed by atoms with Crippen molar-refractivity contribution in [2.24, 2.45) is 28.6 Å². The topological polar surface area (TPSA) is 196 Å². The molecule has 4 rings (SSSR count). The van der Waals surface area contributed by atoms with Gasteiger partial charge >= 0.3 is 11.9 Å². The minimum absolute atomic E-state index is 0.0119. The number of esters is 1. The van der Waals surface area contributed by atoms with Crippen LogP contribution in [-0.4, -0.2) is 81.0 Å². The van der Waals surface area contributed by atoms with Crippen molar-refractivity contribution >= 4 is 35.3 Å². The number of carbonyl (C=O) groups excluding carboxylic acids is 5. The molecule has 0 bridgehead atoms. The maximum absolute atomic E-state index is 13.4. The summed E-state index contributed by atoms with van der Waals surface area (Å²) in [5, 5.41) is 37.3. The second kappa shape index (κ2) is 13.3. The summed E-state index contributed by atoms with van der Waals surface area (Å²) in [5.41, 5.74) is -1.88. The highest BCUT2D eigenvalue weighted by molar-refractivity contribution is 5.93. The van der Waals surface area contributed by atoms with Crippen LogP contribution in [0.4, 0.5) is 0 Å². The number of hydrogen-bond acceptors (Lipinski definition) is 9. The normalized spacial score (nSPS) is 35.1. The molecule has 0 aromatic carbocycles. The van der Waals surface area contributed by atoms with Gasteiger partial charge in [0, 0.05) is 18.3 Å². The highest BCUT2D eigenvalue weighted by Gasteiger charge is 2.68. The molecule has 9 unspecified atom stereocenters. The third-order valence-electron chi connectivity index (χ3n) is 11.4. The summed E-state index contributed by atoms with van der Waals surface area (Å²) in [7, 11) is 0. The van der Waals surface area contributed by atoms with Crippen molar-refractivity contribution in [3.63, 3.8) is 0 Å². The Labute approximate surface area is 263 Å². The first-order chi connectivity index (χ1) is 21.1. The molecule has 0 heterocycles. The van der Waals surface area contributed by atoms with Gasteiger partial charge in [0.2, 0.25) is 17.6 Å². The first-order valence-electron chi connectivity index (χ1n) is 16.2. The van der Waals surface area contributed by atoms with E-state index in [0.717, 1.165) is 18.4 Å². The van der Waals surface area contributed by atoms with Gasteiger partial charge in [0.15, 0.2) is 12.4 Å². The predicted octanol–water partition coefficient (Wildman–Crippen LogP) is 1.99. The number of Topliss-reactive ketones (excluding diaryl/α,β-unsaturated/α-hetero) is 1. The number of aliphatic carboxylic acids is 1. The lowest BCUT2D eigenvalue weighted by Gasteiger charge is -2.60. The Kier molecular flexibility index (Phi) is 10.3. The summed E-state index contributed by atoms with van der Waals surface area (Å²) in [6, 6.07) is -2.10. The summed E-state index contributed by atoms with van der Waals surface area (Å²) < 4.78 is 5.17. The van der Waals surface area contributed by atoms with E-state index in [1.807, 2.05) is 6.92 Å². The number of carboxylic acids is 1. The van der Waals surface area contributed by atoms with Crippen LogP contribution in [0.5, 0.6) is 0 Å². The smallest absolute Gasteiger partial charge is 0.326 e. The Morgan fingerprint density at radius 1 is 1.07 bits per heavy atom. The predicted molar refractivity (Wildman–Crippen MR) is 160 cm³/mol. The highest BCUT2D eigenvalue weighted by Crippen LogP contribution is 2.67. The van der Waals surface area contributed by atoms with Gasteiger partial charge in [-0.3, -0.25) is 24.0 Å². The van der Waals surface area contributed by atoms with Gasteiger partial charge < -0.3 is 30.7 Å². The molecule has 9 atom stereocenters. The Morgan fingerprint density at radius 3 is 2.44 bits per heavy atom. The van der Waals surface area contributed by atoms with Crippen molar-refractivity contribution in [2.75, 3.05) is 6.61 Å². The zero-order chi connectivity index (χ0) is 33.3. The van der Waals surface area contributed by atoms with Gasteiger partial charge in [-0.25, -0.2) is 4.79 Å². The minimum Gasteiger partial charge on any atom is -0.480 e. The maximum atomic E-state index is 13.4. The van der Waals surface area contributed by atoms with Gasteiger partial charge in [0.1, 0.15) is 17.7 Å². The van der Waals surface area contributed by atoms with E-state index in [1.54, 1.807) is 13.0 Å². The summed E-state index contributed by atoms with van der Waals surface area (Å²) >= 11 is 0. The van der Waals surface area contributed by atoms with Crippen molar-refractivity contribution in [3.8, 4) is 0 Å². The number of fused-ring (bicyclic) bond motifs is 5. The molecule has 250 valence electrons. The monoisotopic (exact) mass is 632 g/mol. The lowest BCUT2D eigenvalue weighted by molar-refractivity contribution is -0.184. The molecule has 0 aliphatic heterocycles. The van der Waals surface area contributed by atoms with Crippen LogP contribution in [0, 0.1) is 28.6 Å². The molecule has 4 aliphatic carbocycles. The molecular weight excluding hydrogens is 584 g/mol. The number of allylic oxidation sites excluding steroid dienone is 1. The number of aliphatic hydroxyl groups excluding tert-OH is 1. The van der Waals surface area contributed by atoms with Crippen LogP contribution in [0.15, 0.2) is 11.6 Å². The van der Waals surface area contributed by atoms with E-state index in [9.17, 15) is 44.1 Å². The molecule has 3 saturated carbocycles. The molecule has 12 nitrogen and oxygen atoms in total. The van der Waals surface area contributed by atoms with Crippen LogP contribution in [-0.2, 0) is 33.5 Å². The second-order valence-corrected chi connectivity index (χ2v) is 14.0. The Bertz CT molecular complexity index is 1260. The molecule has 2 amide bonds. The number of carbonyl (C=O) groups is 6. The largest absolute Gasteiger partial charge is 0.480 e. The van der Waals surface area contributed by atoms with E-state index in [0.29, 0.717) is 25.7 Å². The fraction of sp³-hybridized carbons (Fsp3) is 0.758. The average molecular weight is 633 g/mol. The van der Waals surface area contributed by atoms with Crippen molar-refractivity contribution in [2.45, 2.75) is 122 Å². The molecule has 0 aromatic rings. The zero-order valence-corrected chi connectivity index (χ0v) is 26.7. The average Bonchev–Trinajstić information content (AvgIpc) is 3.25. The van der Waals surface area contributed by atoms with Crippen LogP contribution in [0.25, 0.3) is 0 Å². The third-order valence-corrected chi connectivity index (χ3v) is 11.4. The molecule has 0 aromatic heterocycles. The van der Waals surface area contributed by atoms with Gasteiger partial charge in [-0.2, -0.15) is 0 Å². The molecule has 12 heteroatoms. The quantitative estimate of drug-likeness (QED) is 0.198. The molecule has 5 N–H and O–H groups in total. The van der Waals surface area contributed by atoms with Crippen LogP contribution in [0.1, 0.15) is 98.3 Å². The first-order valence-corrected chi connectivity index (χ1v) is 16.2. The lowest BCUT2D eigenvalue weighted by atomic mass is 9.45. The fourth-order valence-corrected chi connectivity index (χ4v) is 8.93. The van der Waals surface area contributed by atoms with E-state index in [-0.39, 0.29) is 61.1 Å². The maximum Gasteiger partial charge on any atom is 0.326 e. The minimum atomic E-state index is -1.78. The number of ether oxygens (including phenoxy) is 1. The van der Waals surface area contributed by atoms with Crippen molar-refractivity contribution < 1.29 is 48.8 Å². The van der Waals surface area contributed by atoms with E-state index >= 15 is 0 Å². The van der Waals surface area contributed by atoms with Gasteiger partial charge in [0.05, 0.1) is 12.5 Å². The molecule has 3 fully saturated rings. The van der Waals surface area contributed by atoms with E-state index in [2.05, 4.69) is 17.6 Å². The standard InChI is InChI=1S/C33H48N2O10/c1-5-6-23(30(42)43)35-29(41)18(2)34-26(39)9-10-27(40)45-17-25(38)33(44)14-12-22-21-8-7-19-15-20(36)11-13-31(19,3)28(21)24(37)16-32(22,33)4/h15,18,21-24,28,37,44H,5-14,16-17H2,1-4H3,(H,34,39)(H,35,41)(H,42,43). The molecule has 0 spiro atoms. The van der Waals surface area contributed by atoms with Crippen LogP contribution in [0.2, 0.25) is 0 Å². The van der Waals surface area contributed by atoms with Crippen molar-refractivity contribution in [1.29, 1.82) is 0 Å². The number of carboxylic acid groups (broad SMARTS) is 1. The first kappa shape index (κ1) is 34.7. The Hall–Kier alpha value is -3.12. The number of amides is 2. The van der Waals surface area contributed by atoms with Crippen molar-refractivity contribution in [3.05, 3.63) is 11.6 Å². The molecule has 0 radical (unpaired) electrons. The second-order valence-electron chi connectivity index (χ2n) is 14.0. The molecule has 45 heavy (non-hydrogen) atoms. The fourth-order valence-electron chi connectivity index (χ4n) is 8.93. The number of rotatable bonds is 12. The van der Waals surface area contributed by atoms with Gasteiger partial charge in [-0.15, -0.1) is 0 Å². The summed E-state index contributed by atoms with van der Waals surface area (Å²) in [6.45, 7) is 6.51. The lowest BCUT2D eigenvalue weighted by Crippen LogP contribution is -2.62. The number of hydrogen-bond donors (Lipinski definition) is 5. The SMILES string of the molecule is CCCC(NC(=O)C(C)NC(=O)CCC(=O)OCC(=O)C1(O)CCC2C3CCC4=CC(=O)CCC4(C)C3C(O)CC21C)C(=O)O. The van der Waals surface area contributed by atoms with E-state index in [4.69, 9.17) is 4.74 Å². The summed E-state index contributed by atoms with van der Waals surface area (Å²) in [5.74, 6) is -3.77. The highest BCUT2D eigenvalue weighted by atomic mass is 16.5. The Morgan fingerprint density at radius 2 is 1.78 bits per heavy atom. The van der Waals surface area contributed by atoms with Gasteiger partial charge in [0.25, 0.3) is 0 Å². The summed E-state index contributed by atoms with van der Waals surface area (Å²) in [6.07, 6.45) is 4.80. The van der Waals surface area contributed by atoms with Crippen molar-refractivity contribution in [1.82, 2.24) is 10.6 Å². The van der Waals surface area contributed by atoms with Crippen LogP contribution >= 0.6 is 0 Å². The Balaban J connectivity index is 1.30. The third kappa shape index (κ3) is 6.58. The molecular formula is C33H48N2O10. The number of aliphatic hydroxyl groups is 2. The zero-order valence-electron chi connectivity index (χ0n) is 26.7. The number of ketones is 2. The van der Waals surface area contributed by atoms with E-state index in [1.165, 1.54) is 6.92 Å². The van der Waals surface area contributed by atoms with E-state index < -0.39 is 65.3 Å². The van der Waals surface area contributed by atoms with Gasteiger partial charge in [-0.1, -0.05) is 32.8 Å². The summed E-state index contributed by atoms with van der Waals surface area (Å²) in [4.78, 5) is 73.9. The van der Waals surface area contributed by atoms with Gasteiger partial charge in [-0.05, 0) is 81.1 Å². The van der Waals surface area contributed by atoms with Crippen LogP contribution in [0.3, 0.4) is 0 Å². The number of nitrogens with one attached hydrogen (secondary N) is 2. The van der Waals surface area contributed by atoms with Crippen LogP contribution < -0.4 is 10.6 Å². The molecule has 0 saturated heterocycles. The molecule has 4 aliphatic rings.